The van der Waals surface area contributed by atoms with E-state index in [-0.39, 0.29) is 29.0 Å². The van der Waals surface area contributed by atoms with Crippen LogP contribution in [0.1, 0.15) is 11.5 Å². The lowest BCUT2D eigenvalue weighted by atomic mass is 10.4. The summed E-state index contributed by atoms with van der Waals surface area (Å²) in [5, 5.41) is 0.579. The van der Waals surface area contributed by atoms with E-state index in [9.17, 15) is 13.2 Å². The molecule has 0 saturated heterocycles. The number of imidazole rings is 1. The SMILES string of the molecule is FC(F)(F)c1cn(Cc2ncc(Cl)cn2)c(-c2ncc(Cl)cn2)n1. The molecule has 0 unspecified atom stereocenters. The van der Waals surface area contributed by atoms with Crippen molar-refractivity contribution < 1.29 is 13.2 Å². The first kappa shape index (κ1) is 16.6. The highest BCUT2D eigenvalue weighted by Gasteiger charge is 2.35. The Labute approximate surface area is 143 Å². The van der Waals surface area contributed by atoms with Crippen molar-refractivity contribution in [1.29, 1.82) is 0 Å². The largest absolute Gasteiger partial charge is 0.434 e. The van der Waals surface area contributed by atoms with Crippen LogP contribution in [0, 0.1) is 0 Å². The van der Waals surface area contributed by atoms with Gasteiger partial charge in [0.05, 0.1) is 16.6 Å². The number of rotatable bonds is 3. The summed E-state index contributed by atoms with van der Waals surface area (Å²) in [6.45, 7) is -0.0540. The standard InChI is InChI=1S/C13H7Cl2F3N6/c14-7-1-19-10(20-2-7)6-24-5-9(13(16,17)18)23-12(24)11-21-3-8(15)4-22-11/h1-5H,6H2. The zero-order valence-electron chi connectivity index (χ0n) is 11.7. The molecule has 0 aliphatic carbocycles. The third-order valence-corrected chi connectivity index (χ3v) is 3.26. The summed E-state index contributed by atoms with van der Waals surface area (Å²) in [6.07, 6.45) is 1.50. The number of aromatic nitrogens is 6. The molecule has 0 saturated carbocycles. The minimum Gasteiger partial charge on any atom is -0.320 e. The van der Waals surface area contributed by atoms with Gasteiger partial charge in [0, 0.05) is 31.0 Å². The van der Waals surface area contributed by atoms with Crippen LogP contribution in [0.2, 0.25) is 10.0 Å². The Bertz CT molecular complexity index is 846. The molecule has 3 aromatic rings. The second kappa shape index (κ2) is 6.33. The van der Waals surface area contributed by atoms with E-state index in [4.69, 9.17) is 23.2 Å². The zero-order valence-corrected chi connectivity index (χ0v) is 13.2. The number of hydrogen-bond acceptors (Lipinski definition) is 5. The van der Waals surface area contributed by atoms with Gasteiger partial charge in [0.1, 0.15) is 5.82 Å². The molecule has 11 heteroatoms. The quantitative estimate of drug-likeness (QED) is 0.701. The average Bonchev–Trinajstić information content (AvgIpc) is 2.94. The summed E-state index contributed by atoms with van der Waals surface area (Å²) in [4.78, 5) is 19.3. The van der Waals surface area contributed by atoms with Gasteiger partial charge in [0.25, 0.3) is 0 Å². The molecule has 3 heterocycles. The second-order valence-electron chi connectivity index (χ2n) is 4.62. The molecule has 6 nitrogen and oxygen atoms in total. The van der Waals surface area contributed by atoms with Gasteiger partial charge < -0.3 is 4.57 Å². The Kier molecular flexibility index (Phi) is 4.37. The first-order valence-electron chi connectivity index (χ1n) is 6.41. The smallest absolute Gasteiger partial charge is 0.320 e. The van der Waals surface area contributed by atoms with Crippen LogP contribution < -0.4 is 0 Å². The van der Waals surface area contributed by atoms with Crippen LogP contribution in [0.5, 0.6) is 0 Å². The molecular weight excluding hydrogens is 368 g/mol. The van der Waals surface area contributed by atoms with E-state index >= 15 is 0 Å². The average molecular weight is 375 g/mol. The van der Waals surface area contributed by atoms with Crippen LogP contribution in [0.4, 0.5) is 13.2 Å². The second-order valence-corrected chi connectivity index (χ2v) is 5.49. The Morgan fingerprint density at radius 1 is 0.917 bits per heavy atom. The summed E-state index contributed by atoms with van der Waals surface area (Å²) in [5.74, 6) is 0.196. The lowest BCUT2D eigenvalue weighted by molar-refractivity contribution is -0.140. The summed E-state index contributed by atoms with van der Waals surface area (Å²) in [6, 6.07) is 0. The molecule has 0 N–H and O–H groups in total. The maximum absolute atomic E-state index is 13.0. The van der Waals surface area contributed by atoms with Crippen molar-refractivity contribution in [2.24, 2.45) is 0 Å². The van der Waals surface area contributed by atoms with E-state index in [1.807, 2.05) is 0 Å². The van der Waals surface area contributed by atoms with Crippen molar-refractivity contribution in [3.8, 4) is 11.6 Å². The predicted molar refractivity (Wildman–Crippen MR) is 79.4 cm³/mol. The van der Waals surface area contributed by atoms with E-state index in [2.05, 4.69) is 24.9 Å². The third-order valence-electron chi connectivity index (χ3n) is 2.87. The Morgan fingerprint density at radius 2 is 1.46 bits per heavy atom. The highest BCUT2D eigenvalue weighted by molar-refractivity contribution is 6.30. The lowest BCUT2D eigenvalue weighted by Crippen LogP contribution is -2.06. The number of halogens is 5. The van der Waals surface area contributed by atoms with Gasteiger partial charge in [-0.2, -0.15) is 13.2 Å². The number of nitrogens with zero attached hydrogens (tertiary/aromatic N) is 6. The molecule has 0 fully saturated rings. The van der Waals surface area contributed by atoms with Gasteiger partial charge >= 0.3 is 6.18 Å². The summed E-state index contributed by atoms with van der Waals surface area (Å²) < 4.78 is 40.1. The molecule has 0 atom stereocenters. The molecule has 0 spiro atoms. The molecule has 0 radical (unpaired) electrons. The zero-order chi connectivity index (χ0) is 17.3. The van der Waals surface area contributed by atoms with Gasteiger partial charge in [-0.3, -0.25) is 0 Å². The maximum atomic E-state index is 13.0. The maximum Gasteiger partial charge on any atom is 0.434 e. The Hall–Kier alpha value is -2.26. The van der Waals surface area contributed by atoms with E-state index in [1.165, 1.54) is 29.4 Å². The topological polar surface area (TPSA) is 69.4 Å². The fourth-order valence-electron chi connectivity index (χ4n) is 1.85. The molecule has 0 aliphatic rings. The third kappa shape index (κ3) is 3.62. The number of alkyl halides is 3. The highest BCUT2D eigenvalue weighted by atomic mass is 35.5. The van der Waals surface area contributed by atoms with Crippen molar-refractivity contribution in [3.05, 3.63) is 52.5 Å². The summed E-state index contributed by atoms with van der Waals surface area (Å²) >= 11 is 11.4. The molecule has 3 rings (SSSR count). The molecule has 0 bridgehead atoms. The van der Waals surface area contributed by atoms with Crippen molar-refractivity contribution in [2.75, 3.05) is 0 Å². The van der Waals surface area contributed by atoms with Crippen molar-refractivity contribution in [1.82, 2.24) is 29.5 Å². The molecule has 0 aliphatic heterocycles. The van der Waals surface area contributed by atoms with E-state index < -0.39 is 11.9 Å². The van der Waals surface area contributed by atoms with Gasteiger partial charge in [0.2, 0.25) is 0 Å². The molecular formula is C13H7Cl2F3N6. The van der Waals surface area contributed by atoms with Crippen molar-refractivity contribution >= 4 is 23.2 Å². The minimum atomic E-state index is -4.60. The van der Waals surface area contributed by atoms with Gasteiger partial charge in [-0.25, -0.2) is 24.9 Å². The number of hydrogen-bond donors (Lipinski definition) is 0. The van der Waals surface area contributed by atoms with Crippen LogP contribution in [0.15, 0.2) is 31.0 Å². The van der Waals surface area contributed by atoms with Crippen LogP contribution in [0.25, 0.3) is 11.6 Å². The van der Waals surface area contributed by atoms with Crippen LogP contribution in [0.3, 0.4) is 0 Å². The normalized spacial score (nSPS) is 11.7. The molecule has 0 amide bonds. The summed E-state index contributed by atoms with van der Waals surface area (Å²) in [7, 11) is 0. The molecule has 124 valence electrons. The first-order valence-corrected chi connectivity index (χ1v) is 7.17. The lowest BCUT2D eigenvalue weighted by Gasteiger charge is -2.05. The highest BCUT2D eigenvalue weighted by Crippen LogP contribution is 2.30. The van der Waals surface area contributed by atoms with Crippen LogP contribution >= 0.6 is 23.2 Å². The fraction of sp³-hybridized carbons (Fsp3) is 0.154. The van der Waals surface area contributed by atoms with E-state index in [0.717, 1.165) is 6.20 Å². The van der Waals surface area contributed by atoms with Crippen molar-refractivity contribution in [3.63, 3.8) is 0 Å². The van der Waals surface area contributed by atoms with Gasteiger partial charge in [-0.15, -0.1) is 0 Å². The fourth-order valence-corrected chi connectivity index (χ4v) is 2.05. The first-order chi connectivity index (χ1) is 11.3. The van der Waals surface area contributed by atoms with Gasteiger partial charge in [0.15, 0.2) is 17.3 Å². The molecule has 0 aromatic carbocycles. The molecule has 3 aromatic heterocycles. The van der Waals surface area contributed by atoms with Crippen LogP contribution in [-0.4, -0.2) is 29.5 Å². The summed E-state index contributed by atoms with van der Waals surface area (Å²) in [5.41, 5.74) is -1.06. The minimum absolute atomic E-state index is 0.00358. The van der Waals surface area contributed by atoms with Crippen LogP contribution in [-0.2, 0) is 12.7 Å². The molecule has 24 heavy (non-hydrogen) atoms. The van der Waals surface area contributed by atoms with E-state index in [0.29, 0.717) is 5.02 Å². The Morgan fingerprint density at radius 3 is 2.00 bits per heavy atom. The monoisotopic (exact) mass is 374 g/mol. The van der Waals surface area contributed by atoms with Crippen molar-refractivity contribution in [2.45, 2.75) is 12.7 Å². The predicted octanol–water partition coefficient (Wildman–Crippen LogP) is 3.50. The van der Waals surface area contributed by atoms with Gasteiger partial charge in [-0.05, 0) is 0 Å². The Balaban J connectivity index is 2.04. The van der Waals surface area contributed by atoms with Gasteiger partial charge in [-0.1, -0.05) is 23.2 Å². The van der Waals surface area contributed by atoms with E-state index in [1.54, 1.807) is 0 Å².